The van der Waals surface area contributed by atoms with E-state index in [4.69, 9.17) is 35.7 Å². The van der Waals surface area contributed by atoms with Gasteiger partial charge in [-0.05, 0) is 51.1 Å². The summed E-state index contributed by atoms with van der Waals surface area (Å²) in [5, 5.41) is 18.9. The van der Waals surface area contributed by atoms with Crippen LogP contribution < -0.4 is 34.1 Å². The molecule has 0 bridgehead atoms. The van der Waals surface area contributed by atoms with Gasteiger partial charge in [0.2, 0.25) is 21.8 Å². The van der Waals surface area contributed by atoms with Gasteiger partial charge in [-0.3, -0.25) is 0 Å². The number of halogens is 1. The van der Waals surface area contributed by atoms with Crippen molar-refractivity contribution in [2.75, 3.05) is 18.5 Å². The van der Waals surface area contributed by atoms with Gasteiger partial charge in [0, 0.05) is 54.9 Å². The van der Waals surface area contributed by atoms with E-state index in [0.29, 0.717) is 67.0 Å². The van der Waals surface area contributed by atoms with E-state index in [-0.39, 0.29) is 32.8 Å². The van der Waals surface area contributed by atoms with Crippen molar-refractivity contribution in [3.8, 4) is 23.3 Å². The zero-order valence-electron chi connectivity index (χ0n) is 29.8. The second-order valence-corrected chi connectivity index (χ2v) is 17.5. The van der Waals surface area contributed by atoms with Gasteiger partial charge in [0.05, 0.1) is 31.3 Å². The lowest BCUT2D eigenvalue weighted by molar-refractivity contribution is 0.139. The van der Waals surface area contributed by atoms with Crippen LogP contribution in [0.2, 0.25) is 5.02 Å². The summed E-state index contributed by atoms with van der Waals surface area (Å²) < 4.78 is 74.2. The highest BCUT2D eigenvalue weighted by molar-refractivity contribution is 7.90. The number of fused-ring (bicyclic) bond motifs is 4. The number of benzene rings is 2. The maximum Gasteiger partial charge on any atom is 0.333 e. The summed E-state index contributed by atoms with van der Waals surface area (Å²) in [7, 11) is -7.84. The summed E-state index contributed by atoms with van der Waals surface area (Å²) in [4.78, 5) is 22.6. The van der Waals surface area contributed by atoms with Crippen LogP contribution >= 0.6 is 11.6 Å². The fourth-order valence-corrected chi connectivity index (χ4v) is 7.99. The quantitative estimate of drug-likeness (QED) is 0.234. The SMILES string of the molecule is CC1(C)Cc2c(Cl)ccc(N=O)c2O1.CC1(C)Cc2cccc(NC(=O)NS(=O)(=O)c3cnn4c3OCCC4)c2O1.NS(=O)(=O)c1cnn2c1OCCC2. The highest BCUT2D eigenvalue weighted by Crippen LogP contribution is 2.45. The van der Waals surface area contributed by atoms with Crippen LogP contribution in [0.3, 0.4) is 0 Å². The molecule has 4 aliphatic rings. The average molecular weight is 807 g/mol. The number of anilines is 1. The summed E-state index contributed by atoms with van der Waals surface area (Å²) in [6.45, 7) is 9.97. The summed E-state index contributed by atoms with van der Waals surface area (Å²) in [6.07, 6.45) is 5.40. The number of carbonyl (C=O) groups is 1. The van der Waals surface area contributed by atoms with Crippen LogP contribution in [0.25, 0.3) is 0 Å². The van der Waals surface area contributed by atoms with Crippen LogP contribution in [0.15, 0.2) is 57.7 Å². The number of rotatable bonds is 5. The number of hydrogen-bond acceptors (Lipinski definition) is 13. The number of amides is 2. The van der Waals surface area contributed by atoms with Crippen LogP contribution in [0, 0.1) is 4.91 Å². The van der Waals surface area contributed by atoms with Crippen LogP contribution in [-0.4, -0.2) is 66.8 Å². The molecule has 290 valence electrons. The van der Waals surface area contributed by atoms with Crippen LogP contribution in [0.1, 0.15) is 51.7 Å². The van der Waals surface area contributed by atoms with Crippen molar-refractivity contribution in [1.82, 2.24) is 24.3 Å². The number of nitrogens with one attached hydrogen (secondary N) is 2. The van der Waals surface area contributed by atoms with Gasteiger partial charge in [-0.15, -0.1) is 4.91 Å². The Kier molecular flexibility index (Phi) is 10.6. The molecule has 0 spiro atoms. The maximum atomic E-state index is 12.6. The van der Waals surface area contributed by atoms with Gasteiger partial charge < -0.3 is 24.3 Å². The second-order valence-electron chi connectivity index (χ2n) is 13.9. The molecule has 0 aliphatic carbocycles. The summed E-state index contributed by atoms with van der Waals surface area (Å²) >= 11 is 6.00. The Hall–Kier alpha value is -4.92. The lowest BCUT2D eigenvalue weighted by atomic mass is 10.0. The molecule has 2 aromatic heterocycles. The number of primary sulfonamides is 1. The Morgan fingerprint density at radius 1 is 0.870 bits per heavy atom. The topological polar surface area (TPSA) is 237 Å². The van der Waals surface area contributed by atoms with E-state index in [9.17, 15) is 26.5 Å². The molecule has 4 aliphatic heterocycles. The fraction of sp³-hybridized carbons (Fsp3) is 0.424. The lowest BCUT2D eigenvalue weighted by Crippen LogP contribution is -2.34. The predicted molar refractivity (Wildman–Crippen MR) is 196 cm³/mol. The molecule has 54 heavy (non-hydrogen) atoms. The Morgan fingerprint density at radius 2 is 1.46 bits per heavy atom. The molecule has 4 N–H and O–H groups in total. The maximum absolute atomic E-state index is 12.6. The molecule has 0 saturated heterocycles. The van der Waals surface area contributed by atoms with Crippen molar-refractivity contribution >= 4 is 49.1 Å². The van der Waals surface area contributed by atoms with Gasteiger partial charge in [-0.2, -0.15) is 10.2 Å². The largest absolute Gasteiger partial charge is 0.485 e. The third-order valence-corrected chi connectivity index (χ3v) is 11.0. The Morgan fingerprint density at radius 3 is 2.09 bits per heavy atom. The number of aryl methyl sites for hydroxylation is 2. The zero-order chi connectivity index (χ0) is 39.1. The first-order valence-electron chi connectivity index (χ1n) is 16.8. The van der Waals surface area contributed by atoms with E-state index < -0.39 is 26.1 Å². The number of hydrogen-bond donors (Lipinski definition) is 3. The van der Waals surface area contributed by atoms with E-state index in [0.717, 1.165) is 24.0 Å². The van der Waals surface area contributed by atoms with Crippen LogP contribution in [-0.2, 0) is 46.0 Å². The first-order valence-corrected chi connectivity index (χ1v) is 20.2. The number of para-hydroxylation sites is 1. The van der Waals surface area contributed by atoms with E-state index in [1.54, 1.807) is 24.3 Å². The van der Waals surface area contributed by atoms with Gasteiger partial charge in [-0.25, -0.2) is 40.9 Å². The minimum absolute atomic E-state index is 0.0350. The molecule has 4 aromatic rings. The molecule has 2 aromatic carbocycles. The molecular formula is C33H39ClN8O10S2. The smallest absolute Gasteiger partial charge is 0.333 e. The number of urea groups is 1. The highest BCUT2D eigenvalue weighted by atomic mass is 35.5. The molecule has 2 amide bonds. The van der Waals surface area contributed by atoms with Gasteiger partial charge in [-0.1, -0.05) is 23.7 Å². The van der Waals surface area contributed by atoms with Gasteiger partial charge in [0.25, 0.3) is 10.0 Å². The number of nitroso groups, excluding NO2 is 1. The van der Waals surface area contributed by atoms with Crippen molar-refractivity contribution in [1.29, 1.82) is 0 Å². The molecule has 6 heterocycles. The van der Waals surface area contributed by atoms with Crippen molar-refractivity contribution < 1.29 is 40.6 Å². The molecule has 21 heteroatoms. The fourth-order valence-electron chi connectivity index (χ4n) is 6.19. The number of carbonyl (C=O) groups excluding carboxylic acids is 1. The second kappa shape index (κ2) is 14.7. The van der Waals surface area contributed by atoms with Crippen molar-refractivity contribution in [3.05, 3.63) is 63.8 Å². The Labute approximate surface area is 316 Å². The number of nitrogens with two attached hydrogens (primary N) is 1. The van der Waals surface area contributed by atoms with Gasteiger partial charge in [0.1, 0.15) is 22.6 Å². The lowest BCUT2D eigenvalue weighted by Gasteiger charge is -2.18. The molecule has 0 atom stereocenters. The third-order valence-electron chi connectivity index (χ3n) is 8.45. The predicted octanol–water partition coefficient (Wildman–Crippen LogP) is 4.65. The minimum Gasteiger partial charge on any atom is -0.485 e. The van der Waals surface area contributed by atoms with Crippen molar-refractivity contribution in [3.63, 3.8) is 0 Å². The highest BCUT2D eigenvalue weighted by Gasteiger charge is 2.35. The Bertz CT molecular complexity index is 2320. The first-order chi connectivity index (χ1) is 25.4. The Balaban J connectivity index is 0.000000154. The number of sulfonamides is 2. The third kappa shape index (κ3) is 8.40. The van der Waals surface area contributed by atoms with Gasteiger partial charge >= 0.3 is 6.03 Å². The van der Waals surface area contributed by atoms with Crippen LogP contribution in [0.4, 0.5) is 16.2 Å². The number of aromatic nitrogens is 4. The standard InChI is InChI=1S/C17H20N4O5S.C10H10ClNO2.C6H9N3O3S/c1-17(2)9-11-5-3-6-12(14(11)26-17)19-16(22)20-27(23,24)13-10-18-21-7-4-8-25-15(13)21;1-10(2)5-6-7(11)3-4-8(12-13)9(6)14-10;7-13(10,11)5-4-8-9-2-1-3-12-6(5)9/h3,5-6,10H,4,7-9H2,1-2H3,(H2,19,20,22);3-4H,5H2,1-2H3;4H,1-3H2,(H2,7,10,11). The zero-order valence-corrected chi connectivity index (χ0v) is 32.2. The van der Waals surface area contributed by atoms with E-state index in [1.165, 1.54) is 21.8 Å². The molecule has 0 saturated carbocycles. The molecule has 0 unspecified atom stereocenters. The number of nitrogens with zero attached hydrogens (tertiary/aromatic N) is 5. The van der Waals surface area contributed by atoms with E-state index >= 15 is 0 Å². The first kappa shape index (κ1) is 38.8. The van der Waals surface area contributed by atoms with Crippen molar-refractivity contribution in [2.45, 2.75) is 87.5 Å². The molecule has 0 fully saturated rings. The summed E-state index contributed by atoms with van der Waals surface area (Å²) in [5.41, 5.74) is 1.91. The summed E-state index contributed by atoms with van der Waals surface area (Å²) in [5.74, 6) is 1.50. The molecule has 0 radical (unpaired) electrons. The monoisotopic (exact) mass is 806 g/mol. The summed E-state index contributed by atoms with van der Waals surface area (Å²) in [6, 6.07) is 7.75. The average Bonchev–Trinajstić information content (AvgIpc) is 3.87. The van der Waals surface area contributed by atoms with Gasteiger partial charge in [0.15, 0.2) is 15.5 Å². The van der Waals surface area contributed by atoms with Crippen LogP contribution in [0.5, 0.6) is 23.3 Å². The minimum atomic E-state index is -4.13. The molecular weight excluding hydrogens is 768 g/mol. The number of ether oxygens (including phenoxy) is 4. The van der Waals surface area contributed by atoms with Crippen molar-refractivity contribution in [2.24, 2.45) is 10.3 Å². The normalized spacial score (nSPS) is 17.1. The molecule has 8 rings (SSSR count). The van der Waals surface area contributed by atoms with E-state index in [1.807, 2.05) is 38.5 Å². The molecule has 18 nitrogen and oxygen atoms in total. The van der Waals surface area contributed by atoms with E-state index in [2.05, 4.69) is 20.7 Å².